The van der Waals surface area contributed by atoms with Crippen molar-refractivity contribution in [3.63, 3.8) is 0 Å². The second kappa shape index (κ2) is 7.24. The molecule has 2 heterocycles. The average Bonchev–Trinajstić information content (AvgIpc) is 2.78. The minimum Gasteiger partial charge on any atom is -0.351 e. The van der Waals surface area contributed by atoms with E-state index in [0.717, 1.165) is 27.6 Å². The Morgan fingerprint density at radius 2 is 2.14 bits per heavy atom. The van der Waals surface area contributed by atoms with Gasteiger partial charge in [-0.1, -0.05) is 13.8 Å². The fraction of sp³-hybridized carbons (Fsp3) is 0.571. The molecule has 0 aliphatic carbocycles. The van der Waals surface area contributed by atoms with Crippen molar-refractivity contribution in [3.8, 4) is 0 Å². The number of rotatable bonds is 3. The Morgan fingerprint density at radius 3 is 2.71 bits per heavy atom. The Hall–Kier alpha value is -0.400. The summed E-state index contributed by atoms with van der Waals surface area (Å²) in [6, 6.07) is 1.90. The maximum Gasteiger partial charge on any atom is 0.264 e. The van der Waals surface area contributed by atoms with Gasteiger partial charge in [0.15, 0.2) is 0 Å². The molecule has 1 aromatic heterocycles. The van der Waals surface area contributed by atoms with Crippen LogP contribution in [0.5, 0.6) is 0 Å². The molecule has 1 atom stereocenters. The van der Waals surface area contributed by atoms with Crippen LogP contribution in [0.25, 0.3) is 0 Å². The van der Waals surface area contributed by atoms with Crippen LogP contribution in [0.15, 0.2) is 14.3 Å². The Labute approximate surface area is 145 Å². The van der Waals surface area contributed by atoms with Gasteiger partial charge in [0.1, 0.15) is 0 Å². The van der Waals surface area contributed by atoms with Gasteiger partial charge in [0.25, 0.3) is 5.91 Å². The maximum atomic E-state index is 12.5. The monoisotopic (exact) mass is 436 g/mol. The van der Waals surface area contributed by atoms with E-state index in [1.807, 2.05) is 24.8 Å². The van der Waals surface area contributed by atoms with E-state index >= 15 is 0 Å². The van der Waals surface area contributed by atoms with Crippen LogP contribution in [0, 0.1) is 5.92 Å². The first-order valence-corrected chi connectivity index (χ1v) is 9.33. The third-order valence-electron chi connectivity index (χ3n) is 3.44. The molecule has 0 radical (unpaired) electrons. The highest BCUT2D eigenvalue weighted by Gasteiger charge is 2.27. The van der Waals surface area contributed by atoms with Crippen molar-refractivity contribution in [3.05, 3.63) is 19.2 Å². The van der Waals surface area contributed by atoms with Gasteiger partial charge in [-0.05, 0) is 50.8 Å². The topological polar surface area (TPSA) is 49.4 Å². The lowest BCUT2D eigenvalue weighted by atomic mass is 10.0. The molecule has 116 valence electrons. The zero-order valence-corrected chi connectivity index (χ0v) is 16.0. The van der Waals surface area contributed by atoms with Crippen molar-refractivity contribution >= 4 is 55.0 Å². The lowest BCUT2D eigenvalue weighted by Crippen LogP contribution is -2.50. The molecule has 2 amide bonds. The molecule has 21 heavy (non-hydrogen) atoms. The molecule has 1 unspecified atom stereocenters. The number of carbonyl (C=O) groups excluding carboxylic acids is 2. The fourth-order valence-corrected chi connectivity index (χ4v) is 4.26. The van der Waals surface area contributed by atoms with Gasteiger partial charge in [-0.15, -0.1) is 11.3 Å². The van der Waals surface area contributed by atoms with Crippen molar-refractivity contribution < 1.29 is 9.59 Å². The van der Waals surface area contributed by atoms with E-state index in [-0.39, 0.29) is 23.8 Å². The second-order valence-electron chi connectivity index (χ2n) is 5.49. The summed E-state index contributed by atoms with van der Waals surface area (Å²) in [7, 11) is 0. The van der Waals surface area contributed by atoms with Crippen LogP contribution in [0.3, 0.4) is 0 Å². The first-order chi connectivity index (χ1) is 9.88. The van der Waals surface area contributed by atoms with E-state index in [9.17, 15) is 9.59 Å². The summed E-state index contributed by atoms with van der Waals surface area (Å²) in [5, 5.41) is 3.02. The smallest absolute Gasteiger partial charge is 0.264 e. The Morgan fingerprint density at radius 1 is 1.43 bits per heavy atom. The highest BCUT2D eigenvalue weighted by molar-refractivity contribution is 9.13. The van der Waals surface area contributed by atoms with Crippen LogP contribution in [0.1, 0.15) is 36.4 Å². The van der Waals surface area contributed by atoms with E-state index in [2.05, 4.69) is 37.2 Å². The number of likely N-dealkylation sites (tertiary alicyclic amines) is 1. The van der Waals surface area contributed by atoms with Gasteiger partial charge < -0.3 is 10.2 Å². The molecule has 1 aliphatic heterocycles. The molecule has 0 spiro atoms. The molecule has 0 aromatic carbocycles. The van der Waals surface area contributed by atoms with Crippen LogP contribution >= 0.6 is 43.2 Å². The molecule has 1 saturated heterocycles. The summed E-state index contributed by atoms with van der Waals surface area (Å²) in [6.45, 7) is 5.09. The van der Waals surface area contributed by atoms with Gasteiger partial charge in [0.2, 0.25) is 5.91 Å². The molecule has 1 fully saturated rings. The normalized spacial score (nSPS) is 18.9. The SMILES string of the molecule is CC(C)C(=O)NC1CCCN(C(=O)c2cc(Br)c(Br)s2)C1. The van der Waals surface area contributed by atoms with Crippen LogP contribution < -0.4 is 5.32 Å². The van der Waals surface area contributed by atoms with Gasteiger partial charge in [0, 0.05) is 29.5 Å². The quantitative estimate of drug-likeness (QED) is 0.784. The van der Waals surface area contributed by atoms with Gasteiger partial charge in [0.05, 0.1) is 8.66 Å². The molecular formula is C14H18Br2N2O2S. The number of halogens is 2. The van der Waals surface area contributed by atoms with Crippen molar-refractivity contribution in [2.24, 2.45) is 5.92 Å². The minimum atomic E-state index is -0.0275. The van der Waals surface area contributed by atoms with Crippen molar-refractivity contribution in [2.75, 3.05) is 13.1 Å². The molecule has 2 rings (SSSR count). The Balaban J connectivity index is 2.00. The van der Waals surface area contributed by atoms with Crippen LogP contribution in [0.4, 0.5) is 0 Å². The zero-order chi connectivity index (χ0) is 15.6. The summed E-state index contributed by atoms with van der Waals surface area (Å²) in [4.78, 5) is 26.8. The van der Waals surface area contributed by atoms with E-state index in [1.165, 1.54) is 11.3 Å². The number of amides is 2. The van der Waals surface area contributed by atoms with E-state index in [4.69, 9.17) is 0 Å². The van der Waals surface area contributed by atoms with E-state index in [1.54, 1.807) is 0 Å². The average molecular weight is 438 g/mol. The largest absolute Gasteiger partial charge is 0.351 e. The molecule has 1 aromatic rings. The first kappa shape index (κ1) is 17.0. The highest BCUT2D eigenvalue weighted by Crippen LogP contribution is 2.33. The summed E-state index contributed by atoms with van der Waals surface area (Å²) in [5.74, 6) is 0.0612. The van der Waals surface area contributed by atoms with Gasteiger partial charge in [-0.25, -0.2) is 0 Å². The Kier molecular flexibility index (Phi) is 5.85. The maximum absolute atomic E-state index is 12.5. The summed E-state index contributed by atoms with van der Waals surface area (Å²) < 4.78 is 1.82. The third kappa shape index (κ3) is 4.29. The third-order valence-corrected chi connectivity index (χ3v) is 6.68. The molecule has 0 saturated carbocycles. The predicted molar refractivity (Wildman–Crippen MR) is 91.6 cm³/mol. The highest BCUT2D eigenvalue weighted by atomic mass is 79.9. The van der Waals surface area contributed by atoms with Gasteiger partial charge in [-0.2, -0.15) is 0 Å². The molecule has 7 heteroatoms. The molecular weight excluding hydrogens is 420 g/mol. The second-order valence-corrected chi connectivity index (χ2v) is 8.71. The predicted octanol–water partition coefficient (Wildman–Crippen LogP) is 3.65. The number of hydrogen-bond donors (Lipinski definition) is 1. The molecule has 1 N–H and O–H groups in total. The number of hydrogen-bond acceptors (Lipinski definition) is 3. The van der Waals surface area contributed by atoms with Crippen molar-refractivity contribution in [1.82, 2.24) is 10.2 Å². The van der Waals surface area contributed by atoms with E-state index in [0.29, 0.717) is 11.4 Å². The van der Waals surface area contributed by atoms with Gasteiger partial charge >= 0.3 is 0 Å². The summed E-state index contributed by atoms with van der Waals surface area (Å²) in [6.07, 6.45) is 1.85. The number of piperidine rings is 1. The Bertz CT molecular complexity index is 526. The summed E-state index contributed by atoms with van der Waals surface area (Å²) in [5.41, 5.74) is 0. The molecule has 4 nitrogen and oxygen atoms in total. The van der Waals surface area contributed by atoms with Crippen LogP contribution in [-0.2, 0) is 4.79 Å². The molecule has 0 bridgehead atoms. The summed E-state index contributed by atoms with van der Waals surface area (Å²) >= 11 is 8.24. The number of nitrogens with one attached hydrogen (secondary N) is 1. The van der Waals surface area contributed by atoms with Crippen molar-refractivity contribution in [2.45, 2.75) is 32.7 Å². The standard InChI is InChI=1S/C14H18Br2N2O2S/c1-8(2)13(19)17-9-4-3-5-18(7-9)14(20)11-6-10(15)12(16)21-11/h6,8-9H,3-5,7H2,1-2H3,(H,17,19). The number of carbonyl (C=O) groups is 2. The minimum absolute atomic E-state index is 0.0275. The van der Waals surface area contributed by atoms with E-state index < -0.39 is 0 Å². The number of nitrogens with zero attached hydrogens (tertiary/aromatic N) is 1. The molecule has 1 aliphatic rings. The number of thiophene rings is 1. The van der Waals surface area contributed by atoms with Crippen molar-refractivity contribution in [1.29, 1.82) is 0 Å². The lowest BCUT2D eigenvalue weighted by Gasteiger charge is -2.33. The fourth-order valence-electron chi connectivity index (χ4n) is 2.26. The van der Waals surface area contributed by atoms with Gasteiger partial charge in [-0.3, -0.25) is 9.59 Å². The first-order valence-electron chi connectivity index (χ1n) is 6.93. The zero-order valence-electron chi connectivity index (χ0n) is 12.0. The van der Waals surface area contributed by atoms with Crippen LogP contribution in [0.2, 0.25) is 0 Å². The lowest BCUT2D eigenvalue weighted by molar-refractivity contribution is -0.125. The van der Waals surface area contributed by atoms with Crippen LogP contribution in [-0.4, -0.2) is 35.8 Å².